The Hall–Kier alpha value is -2.77. The summed E-state index contributed by atoms with van der Waals surface area (Å²) in [4.78, 5) is 40.0. The molecule has 1 aliphatic carbocycles. The van der Waals surface area contributed by atoms with E-state index < -0.39 is 23.3 Å². The molecule has 0 aliphatic heterocycles. The van der Waals surface area contributed by atoms with E-state index in [9.17, 15) is 19.5 Å². The first-order chi connectivity index (χ1) is 14.2. The summed E-state index contributed by atoms with van der Waals surface area (Å²) in [6.07, 6.45) is 0.885. The molecule has 0 radical (unpaired) electrons. The van der Waals surface area contributed by atoms with Crippen LogP contribution in [0.25, 0.3) is 0 Å². The quantitative estimate of drug-likeness (QED) is 0.639. The summed E-state index contributed by atoms with van der Waals surface area (Å²) >= 11 is 0. The summed E-state index contributed by atoms with van der Waals surface area (Å²) in [6.45, 7) is 12.3. The van der Waals surface area contributed by atoms with Gasteiger partial charge in [0.05, 0.1) is 0 Å². The maximum absolute atomic E-state index is 13.3. The molecule has 1 saturated carbocycles. The van der Waals surface area contributed by atoms with Crippen LogP contribution in [0.15, 0.2) is 18.2 Å². The van der Waals surface area contributed by atoms with Crippen molar-refractivity contribution in [3.8, 4) is 5.75 Å². The lowest BCUT2D eigenvalue weighted by Crippen LogP contribution is -2.52. The fourth-order valence-corrected chi connectivity index (χ4v) is 3.19. The second kappa shape index (κ2) is 9.16. The molecule has 1 aromatic rings. The topological polar surface area (TPSA) is 108 Å². The van der Waals surface area contributed by atoms with Crippen LogP contribution < -0.4 is 10.6 Å². The highest BCUT2D eigenvalue weighted by molar-refractivity contribution is 5.91. The van der Waals surface area contributed by atoms with Gasteiger partial charge in [0.25, 0.3) is 0 Å². The predicted octanol–water partition coefficient (Wildman–Crippen LogP) is 3.17. The van der Waals surface area contributed by atoms with Crippen LogP contribution in [-0.2, 0) is 14.3 Å². The molecule has 1 atom stereocenters. The zero-order valence-electron chi connectivity index (χ0n) is 19.5. The third-order valence-electron chi connectivity index (χ3n) is 4.57. The number of nitrogens with zero attached hydrogens (tertiary/aromatic N) is 1. The highest BCUT2D eigenvalue weighted by Gasteiger charge is 2.42. The number of alkyl carbamates (subject to hydrolysis) is 1. The molecule has 1 aliphatic rings. The summed E-state index contributed by atoms with van der Waals surface area (Å²) < 4.78 is 5.20. The van der Waals surface area contributed by atoms with Crippen molar-refractivity contribution in [1.29, 1.82) is 0 Å². The fourth-order valence-electron chi connectivity index (χ4n) is 3.19. The fraction of sp³-hybridized carbons (Fsp3) is 0.609. The van der Waals surface area contributed by atoms with Gasteiger partial charge in [0.2, 0.25) is 11.8 Å². The number of phenols is 1. The van der Waals surface area contributed by atoms with Gasteiger partial charge in [-0.3, -0.25) is 9.59 Å². The van der Waals surface area contributed by atoms with Gasteiger partial charge in [-0.2, -0.15) is 0 Å². The number of nitrogens with one attached hydrogen (secondary N) is 2. The van der Waals surface area contributed by atoms with Gasteiger partial charge >= 0.3 is 6.09 Å². The van der Waals surface area contributed by atoms with Crippen LogP contribution in [0.4, 0.5) is 4.79 Å². The molecule has 0 spiro atoms. The Bertz CT molecular complexity index is 835. The molecule has 2 rings (SSSR count). The summed E-state index contributed by atoms with van der Waals surface area (Å²) in [5.74, 6) is -0.558. The second-order valence-corrected chi connectivity index (χ2v) is 10.1. The van der Waals surface area contributed by atoms with Gasteiger partial charge in [-0.05, 0) is 84.6 Å². The Morgan fingerprint density at radius 1 is 1.16 bits per heavy atom. The number of carbonyl (C=O) groups is 3. The normalized spacial score (nSPS) is 15.1. The molecule has 3 N–H and O–H groups in total. The standard InChI is InChI=1S/C23H35N3O5/c1-14-12-15(8-11-17(14)27)19(20(29)25-22(2,3)4)26(16-9-10-16)18(28)13-24-21(30)31-23(5,6)7/h8,11-12,16,19,27H,9-10,13H2,1-7H3,(H,24,30)(H,25,29). The van der Waals surface area contributed by atoms with Gasteiger partial charge in [0.15, 0.2) is 0 Å². The molecule has 3 amide bonds. The van der Waals surface area contributed by atoms with Crippen LogP contribution in [0.3, 0.4) is 0 Å². The van der Waals surface area contributed by atoms with Crippen LogP contribution in [-0.4, -0.2) is 51.6 Å². The third-order valence-corrected chi connectivity index (χ3v) is 4.57. The maximum atomic E-state index is 13.3. The average molecular weight is 434 g/mol. The van der Waals surface area contributed by atoms with E-state index in [1.54, 1.807) is 44.7 Å². The lowest BCUT2D eigenvalue weighted by Gasteiger charge is -2.34. The molecule has 1 unspecified atom stereocenters. The molecule has 0 aromatic heterocycles. The van der Waals surface area contributed by atoms with Crippen molar-refractivity contribution in [2.75, 3.05) is 6.54 Å². The summed E-state index contributed by atoms with van der Waals surface area (Å²) in [7, 11) is 0. The predicted molar refractivity (Wildman–Crippen MR) is 118 cm³/mol. The van der Waals surface area contributed by atoms with Crippen LogP contribution in [0.2, 0.25) is 0 Å². The van der Waals surface area contributed by atoms with Crippen LogP contribution in [0, 0.1) is 6.92 Å². The minimum Gasteiger partial charge on any atom is -0.508 e. The van der Waals surface area contributed by atoms with E-state index in [4.69, 9.17) is 4.74 Å². The first-order valence-corrected chi connectivity index (χ1v) is 10.6. The number of hydrogen-bond acceptors (Lipinski definition) is 5. The highest BCUT2D eigenvalue weighted by Crippen LogP contribution is 2.36. The summed E-state index contributed by atoms with van der Waals surface area (Å²) in [5.41, 5.74) is 0.0479. The molecule has 31 heavy (non-hydrogen) atoms. The number of aromatic hydroxyl groups is 1. The van der Waals surface area contributed by atoms with Gasteiger partial charge < -0.3 is 25.4 Å². The van der Waals surface area contributed by atoms with E-state index in [0.29, 0.717) is 11.1 Å². The van der Waals surface area contributed by atoms with E-state index in [0.717, 1.165) is 12.8 Å². The van der Waals surface area contributed by atoms with E-state index in [1.165, 1.54) is 6.07 Å². The van der Waals surface area contributed by atoms with Crippen molar-refractivity contribution in [1.82, 2.24) is 15.5 Å². The number of aryl methyl sites for hydroxylation is 1. The van der Waals surface area contributed by atoms with Crippen LogP contribution >= 0.6 is 0 Å². The SMILES string of the molecule is Cc1cc(C(C(=O)NC(C)(C)C)N(C(=O)CNC(=O)OC(C)(C)C)C2CC2)ccc1O. The molecule has 8 heteroatoms. The molecular weight excluding hydrogens is 398 g/mol. The van der Waals surface area contributed by atoms with Gasteiger partial charge in [-0.1, -0.05) is 6.07 Å². The van der Waals surface area contributed by atoms with E-state index in [1.807, 2.05) is 20.8 Å². The minimum atomic E-state index is -0.876. The molecule has 172 valence electrons. The number of rotatable bonds is 6. The number of benzene rings is 1. The molecule has 8 nitrogen and oxygen atoms in total. The van der Waals surface area contributed by atoms with Crippen LogP contribution in [0.5, 0.6) is 5.75 Å². The molecule has 1 aromatic carbocycles. The zero-order chi connectivity index (χ0) is 23.6. The number of ether oxygens (including phenoxy) is 1. The first kappa shape index (κ1) is 24.5. The largest absolute Gasteiger partial charge is 0.508 e. The van der Waals surface area contributed by atoms with Crippen molar-refractivity contribution in [3.63, 3.8) is 0 Å². The smallest absolute Gasteiger partial charge is 0.408 e. The summed E-state index contributed by atoms with van der Waals surface area (Å²) in [5, 5.41) is 15.4. The lowest BCUT2D eigenvalue weighted by molar-refractivity contribution is -0.141. The molecular formula is C23H35N3O5. The lowest BCUT2D eigenvalue weighted by atomic mass is 9.99. The van der Waals surface area contributed by atoms with Crippen molar-refractivity contribution in [3.05, 3.63) is 29.3 Å². The van der Waals surface area contributed by atoms with Crippen molar-refractivity contribution in [2.45, 2.75) is 84.5 Å². The Morgan fingerprint density at radius 2 is 1.77 bits per heavy atom. The maximum Gasteiger partial charge on any atom is 0.408 e. The third kappa shape index (κ3) is 7.45. The Kier molecular flexibility index (Phi) is 7.24. The van der Waals surface area contributed by atoms with E-state index in [-0.39, 0.29) is 30.2 Å². The minimum absolute atomic E-state index is 0.0854. The monoisotopic (exact) mass is 433 g/mol. The number of amides is 3. The molecule has 0 bridgehead atoms. The average Bonchev–Trinajstić information content (AvgIpc) is 3.41. The summed E-state index contributed by atoms with van der Waals surface area (Å²) in [6, 6.07) is 3.93. The molecule has 0 saturated heterocycles. The number of carbonyl (C=O) groups excluding carboxylic acids is 3. The van der Waals surface area contributed by atoms with Crippen molar-refractivity contribution >= 4 is 17.9 Å². The second-order valence-electron chi connectivity index (χ2n) is 10.1. The zero-order valence-corrected chi connectivity index (χ0v) is 19.5. The molecule has 0 heterocycles. The first-order valence-electron chi connectivity index (χ1n) is 10.6. The van der Waals surface area contributed by atoms with E-state index >= 15 is 0 Å². The number of phenolic OH excluding ortho intramolecular Hbond substituents is 1. The Balaban J connectivity index is 2.31. The van der Waals surface area contributed by atoms with Gasteiger partial charge in [-0.25, -0.2) is 4.79 Å². The van der Waals surface area contributed by atoms with E-state index in [2.05, 4.69) is 10.6 Å². The van der Waals surface area contributed by atoms with Gasteiger partial charge in [-0.15, -0.1) is 0 Å². The van der Waals surface area contributed by atoms with Crippen molar-refractivity contribution < 1.29 is 24.2 Å². The number of hydrogen-bond donors (Lipinski definition) is 3. The highest BCUT2D eigenvalue weighted by atomic mass is 16.6. The van der Waals surface area contributed by atoms with Gasteiger partial charge in [0.1, 0.15) is 23.9 Å². The molecule has 1 fully saturated rings. The Morgan fingerprint density at radius 3 is 2.26 bits per heavy atom. The van der Waals surface area contributed by atoms with Crippen LogP contribution in [0.1, 0.15) is 71.6 Å². The van der Waals surface area contributed by atoms with Crippen molar-refractivity contribution in [2.24, 2.45) is 0 Å². The van der Waals surface area contributed by atoms with Gasteiger partial charge in [0, 0.05) is 11.6 Å². The Labute approximate surface area is 184 Å².